The molecule has 0 radical (unpaired) electrons. The maximum Gasteiger partial charge on any atom is 0.251 e. The number of nitrogens with zero attached hydrogens (tertiary/aromatic N) is 2. The minimum atomic E-state index is -0.615. The zero-order valence-electron chi connectivity index (χ0n) is 19.5. The highest BCUT2D eigenvalue weighted by molar-refractivity contribution is 7.98. The Hall–Kier alpha value is -2.68. The van der Waals surface area contributed by atoms with E-state index in [2.05, 4.69) is 44.8 Å². The van der Waals surface area contributed by atoms with E-state index in [0.29, 0.717) is 17.1 Å². The van der Waals surface area contributed by atoms with Crippen LogP contribution in [0, 0.1) is 6.92 Å². The van der Waals surface area contributed by atoms with Crippen LogP contribution < -0.4 is 10.6 Å². The Labute approximate surface area is 209 Å². The topological polar surface area (TPSA) is 74.3 Å². The van der Waals surface area contributed by atoms with E-state index in [1.54, 1.807) is 17.8 Å². The molecule has 1 aliphatic rings. The Morgan fingerprint density at radius 2 is 2.00 bits per heavy atom. The molecule has 2 aromatic carbocycles. The number of aromatic nitrogens is 1. The molecule has 3 aromatic rings. The SMILES string of the molecule is CSCCC(NC(=O)c1cccc(C)c1)C(=O)Nc1nc2c(s1)CN(Cc1ccccc1)CC2. The van der Waals surface area contributed by atoms with Gasteiger partial charge in [0, 0.05) is 36.5 Å². The number of carbonyl (C=O) groups excluding carboxylic acids is 2. The lowest BCUT2D eigenvalue weighted by Crippen LogP contribution is -2.44. The number of thioether (sulfide) groups is 1. The molecular formula is C26H30N4O2S2. The highest BCUT2D eigenvalue weighted by Gasteiger charge is 2.25. The predicted molar refractivity (Wildman–Crippen MR) is 140 cm³/mol. The second-order valence-corrected chi connectivity index (χ2v) is 10.6. The van der Waals surface area contributed by atoms with Crippen LogP contribution in [0.3, 0.4) is 0 Å². The molecule has 1 atom stereocenters. The summed E-state index contributed by atoms with van der Waals surface area (Å²) in [5.74, 6) is 0.317. The van der Waals surface area contributed by atoms with Gasteiger partial charge in [-0.25, -0.2) is 4.98 Å². The van der Waals surface area contributed by atoms with Gasteiger partial charge in [0.1, 0.15) is 6.04 Å². The van der Waals surface area contributed by atoms with Gasteiger partial charge in [0.2, 0.25) is 5.91 Å². The van der Waals surface area contributed by atoms with Crippen molar-refractivity contribution < 1.29 is 9.59 Å². The van der Waals surface area contributed by atoms with Crippen LogP contribution in [0.1, 0.15) is 38.5 Å². The Kier molecular flexibility index (Phi) is 8.37. The monoisotopic (exact) mass is 494 g/mol. The van der Waals surface area contributed by atoms with Crippen molar-refractivity contribution in [1.82, 2.24) is 15.2 Å². The molecule has 2 N–H and O–H groups in total. The number of anilines is 1. The molecule has 0 bridgehead atoms. The van der Waals surface area contributed by atoms with Crippen LogP contribution in [0.15, 0.2) is 54.6 Å². The summed E-state index contributed by atoms with van der Waals surface area (Å²) < 4.78 is 0. The van der Waals surface area contributed by atoms with Crippen molar-refractivity contribution in [3.8, 4) is 0 Å². The van der Waals surface area contributed by atoms with Crippen molar-refractivity contribution in [3.63, 3.8) is 0 Å². The van der Waals surface area contributed by atoms with Gasteiger partial charge >= 0.3 is 0 Å². The van der Waals surface area contributed by atoms with Gasteiger partial charge in [0.15, 0.2) is 5.13 Å². The van der Waals surface area contributed by atoms with Gasteiger partial charge < -0.3 is 10.6 Å². The number of fused-ring (bicyclic) bond motifs is 1. The second-order valence-electron chi connectivity index (χ2n) is 8.50. The van der Waals surface area contributed by atoms with E-state index in [0.717, 1.165) is 43.1 Å². The molecule has 4 rings (SSSR count). The quantitative estimate of drug-likeness (QED) is 0.458. The third kappa shape index (κ3) is 6.46. The minimum absolute atomic E-state index is 0.220. The second kappa shape index (κ2) is 11.6. The van der Waals surface area contributed by atoms with Gasteiger partial charge in [0.05, 0.1) is 5.69 Å². The highest BCUT2D eigenvalue weighted by atomic mass is 32.2. The number of amides is 2. The molecule has 1 aromatic heterocycles. The first kappa shape index (κ1) is 24.4. The van der Waals surface area contributed by atoms with Gasteiger partial charge in [-0.1, -0.05) is 48.0 Å². The van der Waals surface area contributed by atoms with Crippen LogP contribution in [0.2, 0.25) is 0 Å². The van der Waals surface area contributed by atoms with E-state index >= 15 is 0 Å². The van der Waals surface area contributed by atoms with Crippen molar-refractivity contribution in [1.29, 1.82) is 0 Å². The summed E-state index contributed by atoms with van der Waals surface area (Å²) in [5, 5.41) is 6.49. The first-order chi connectivity index (χ1) is 16.5. The van der Waals surface area contributed by atoms with Gasteiger partial charge in [-0.05, 0) is 43.0 Å². The van der Waals surface area contributed by atoms with Gasteiger partial charge in [-0.3, -0.25) is 14.5 Å². The number of carbonyl (C=O) groups is 2. The van der Waals surface area contributed by atoms with E-state index in [4.69, 9.17) is 0 Å². The number of thiazole rings is 1. The maximum atomic E-state index is 13.1. The molecule has 0 aliphatic carbocycles. The first-order valence-corrected chi connectivity index (χ1v) is 13.6. The Bertz CT molecular complexity index is 1130. The standard InChI is InChI=1S/C26H30N4O2S2/c1-18-7-6-10-20(15-18)24(31)27-22(12-14-33-2)25(32)29-26-28-21-11-13-30(17-23(21)34-26)16-19-8-4-3-5-9-19/h3-10,15,22H,11-14,16-17H2,1-2H3,(H,27,31)(H,28,29,32). The predicted octanol–water partition coefficient (Wildman–Crippen LogP) is 4.50. The lowest BCUT2D eigenvalue weighted by Gasteiger charge is -2.25. The van der Waals surface area contributed by atoms with E-state index < -0.39 is 6.04 Å². The fraction of sp³-hybridized carbons (Fsp3) is 0.346. The summed E-state index contributed by atoms with van der Waals surface area (Å²) in [6.45, 7) is 4.63. The lowest BCUT2D eigenvalue weighted by atomic mass is 10.1. The van der Waals surface area contributed by atoms with Crippen LogP contribution in [0.4, 0.5) is 5.13 Å². The maximum absolute atomic E-state index is 13.1. The third-order valence-electron chi connectivity index (χ3n) is 5.80. The Morgan fingerprint density at radius 3 is 2.76 bits per heavy atom. The largest absolute Gasteiger partial charge is 0.340 e. The normalized spacial score (nSPS) is 14.3. The van der Waals surface area contributed by atoms with Crippen molar-refractivity contribution in [3.05, 3.63) is 81.9 Å². The third-order valence-corrected chi connectivity index (χ3v) is 7.44. The number of hydrogen-bond acceptors (Lipinski definition) is 6. The number of benzene rings is 2. The smallest absolute Gasteiger partial charge is 0.251 e. The van der Waals surface area contributed by atoms with E-state index in [-0.39, 0.29) is 11.8 Å². The summed E-state index contributed by atoms with van der Waals surface area (Å²) in [5.41, 5.74) is 3.93. The van der Waals surface area contributed by atoms with Crippen LogP contribution >= 0.6 is 23.1 Å². The van der Waals surface area contributed by atoms with Crippen LogP contribution in [0.5, 0.6) is 0 Å². The summed E-state index contributed by atoms with van der Waals surface area (Å²) in [6, 6.07) is 17.2. The fourth-order valence-corrected chi connectivity index (χ4v) is 5.53. The lowest BCUT2D eigenvalue weighted by molar-refractivity contribution is -0.118. The van der Waals surface area contributed by atoms with Crippen molar-refractivity contribution in [2.45, 2.75) is 38.9 Å². The Morgan fingerprint density at radius 1 is 1.18 bits per heavy atom. The number of nitrogens with one attached hydrogen (secondary N) is 2. The van der Waals surface area contributed by atoms with Gasteiger partial charge in [0.25, 0.3) is 5.91 Å². The molecule has 0 spiro atoms. The fourth-order valence-electron chi connectivity index (χ4n) is 4.00. The molecule has 1 aliphatic heterocycles. The van der Waals surface area contributed by atoms with Crippen LogP contribution in [-0.2, 0) is 24.3 Å². The van der Waals surface area contributed by atoms with Gasteiger partial charge in [-0.2, -0.15) is 11.8 Å². The molecule has 6 nitrogen and oxygen atoms in total. The molecule has 0 saturated heterocycles. The van der Waals surface area contributed by atoms with Crippen molar-refractivity contribution in [2.24, 2.45) is 0 Å². The molecular weight excluding hydrogens is 464 g/mol. The summed E-state index contributed by atoms with van der Waals surface area (Å²) in [6.07, 6.45) is 3.42. The van der Waals surface area contributed by atoms with Crippen LogP contribution in [0.25, 0.3) is 0 Å². The molecule has 0 saturated carbocycles. The van der Waals surface area contributed by atoms with Crippen molar-refractivity contribution >= 4 is 40.0 Å². The number of rotatable bonds is 9. The molecule has 1 unspecified atom stereocenters. The molecule has 0 fully saturated rings. The summed E-state index contributed by atoms with van der Waals surface area (Å²) >= 11 is 3.19. The van der Waals surface area contributed by atoms with Gasteiger partial charge in [-0.15, -0.1) is 11.3 Å². The van der Waals surface area contributed by atoms with Crippen LogP contribution in [-0.4, -0.2) is 46.3 Å². The average Bonchev–Trinajstić information content (AvgIpc) is 3.23. The van der Waals surface area contributed by atoms with E-state index in [1.165, 1.54) is 21.8 Å². The molecule has 34 heavy (non-hydrogen) atoms. The minimum Gasteiger partial charge on any atom is -0.340 e. The zero-order chi connectivity index (χ0) is 23.9. The number of aryl methyl sites for hydroxylation is 1. The highest BCUT2D eigenvalue weighted by Crippen LogP contribution is 2.29. The molecule has 8 heteroatoms. The molecule has 2 amide bonds. The Balaban J connectivity index is 1.39. The first-order valence-electron chi connectivity index (χ1n) is 11.4. The summed E-state index contributed by atoms with van der Waals surface area (Å²) in [4.78, 5) is 34.1. The molecule has 2 heterocycles. The number of hydrogen-bond donors (Lipinski definition) is 2. The average molecular weight is 495 g/mol. The molecule has 178 valence electrons. The summed E-state index contributed by atoms with van der Waals surface area (Å²) in [7, 11) is 0. The van der Waals surface area contributed by atoms with E-state index in [1.807, 2.05) is 37.4 Å². The van der Waals surface area contributed by atoms with E-state index in [9.17, 15) is 9.59 Å². The van der Waals surface area contributed by atoms with Crippen molar-refractivity contribution in [2.75, 3.05) is 23.9 Å². The zero-order valence-corrected chi connectivity index (χ0v) is 21.2.